The van der Waals surface area contributed by atoms with Gasteiger partial charge in [0.2, 0.25) is 5.91 Å². The first-order valence-electron chi connectivity index (χ1n) is 9.91. The molecule has 0 spiro atoms. The number of halogens is 5. The van der Waals surface area contributed by atoms with E-state index in [-0.39, 0.29) is 17.5 Å². The fraction of sp³-hybridized carbons (Fsp3) is 0.381. The highest BCUT2D eigenvalue weighted by atomic mass is 35.5. The molecule has 1 aliphatic rings. The Kier molecular flexibility index (Phi) is 8.39. The number of pyridine rings is 1. The van der Waals surface area contributed by atoms with Gasteiger partial charge in [-0.3, -0.25) is 19.5 Å². The van der Waals surface area contributed by atoms with Crippen molar-refractivity contribution in [1.82, 2.24) is 10.3 Å². The van der Waals surface area contributed by atoms with E-state index in [0.29, 0.717) is 31.6 Å². The summed E-state index contributed by atoms with van der Waals surface area (Å²) in [6, 6.07) is 6.18. The number of benzene rings is 1. The molecule has 2 atom stereocenters. The molecule has 12 heteroatoms. The number of carbonyl (C=O) groups excluding carboxylic acids is 2. The Hall–Kier alpha value is -2.56. The summed E-state index contributed by atoms with van der Waals surface area (Å²) in [5.74, 6) is -2.12. The van der Waals surface area contributed by atoms with E-state index < -0.39 is 29.1 Å². The average molecular weight is 506 g/mol. The Labute approximate surface area is 197 Å². The standard InChI is InChI=1S/C21H20Cl2F3N3O4/c22-18(24)20(31)29(15-3-5-16(6-4-15)33-21(23,25)26)17(13-2-1-9-27-12-13)19(30)28-14-7-10-32-11-8-14/h1-6,9,12,14,17-18H,7-8,10-11H2,(H,28,30)/t17-,18+/m1/s1. The van der Waals surface area contributed by atoms with Gasteiger partial charge < -0.3 is 14.8 Å². The first-order valence-corrected chi connectivity index (χ1v) is 10.7. The highest BCUT2D eigenvalue weighted by Gasteiger charge is 2.37. The largest absolute Gasteiger partial charge is 0.487 e. The summed E-state index contributed by atoms with van der Waals surface area (Å²) in [6.07, 6.45) is 3.97. The smallest absolute Gasteiger partial charge is 0.420 e. The van der Waals surface area contributed by atoms with Crippen molar-refractivity contribution in [2.75, 3.05) is 18.1 Å². The molecular formula is C21H20Cl2F3N3O4. The number of nitrogens with zero attached hydrogens (tertiary/aromatic N) is 2. The third-order valence-electron chi connectivity index (χ3n) is 4.85. The van der Waals surface area contributed by atoms with Crippen LogP contribution in [-0.4, -0.2) is 47.3 Å². The van der Waals surface area contributed by atoms with Crippen molar-refractivity contribution >= 4 is 40.7 Å². The molecule has 1 N–H and O–H groups in total. The number of alkyl halides is 5. The van der Waals surface area contributed by atoms with Crippen LogP contribution in [0.5, 0.6) is 5.75 Å². The zero-order chi connectivity index (χ0) is 24.0. The van der Waals surface area contributed by atoms with Gasteiger partial charge in [0.1, 0.15) is 11.8 Å². The number of rotatable bonds is 8. The number of anilines is 1. The summed E-state index contributed by atoms with van der Waals surface area (Å²) in [6.45, 7) is 0.929. The Bertz CT molecular complexity index is 940. The second kappa shape index (κ2) is 11.0. The molecule has 1 saturated heterocycles. The highest BCUT2D eigenvalue weighted by Crippen LogP contribution is 2.32. The van der Waals surface area contributed by atoms with Crippen LogP contribution in [0.2, 0.25) is 0 Å². The van der Waals surface area contributed by atoms with Crippen molar-refractivity contribution in [3.8, 4) is 5.75 Å². The number of hydrogen-bond acceptors (Lipinski definition) is 5. The van der Waals surface area contributed by atoms with Gasteiger partial charge in [-0.25, -0.2) is 4.39 Å². The molecule has 178 valence electrons. The number of ether oxygens (including phenoxy) is 2. The van der Waals surface area contributed by atoms with Gasteiger partial charge in [0.15, 0.2) is 0 Å². The van der Waals surface area contributed by atoms with Crippen LogP contribution in [-0.2, 0) is 14.3 Å². The number of carbonyl (C=O) groups is 2. The van der Waals surface area contributed by atoms with Gasteiger partial charge in [-0.15, -0.1) is 8.78 Å². The second-order valence-electron chi connectivity index (χ2n) is 7.13. The summed E-state index contributed by atoms with van der Waals surface area (Å²) >= 11 is 10.2. The number of nitrogens with one attached hydrogen (secondary N) is 1. The molecule has 0 radical (unpaired) electrons. The molecule has 7 nitrogen and oxygen atoms in total. The Morgan fingerprint density at radius 1 is 1.21 bits per heavy atom. The molecule has 2 aromatic rings. The van der Waals surface area contributed by atoms with Crippen molar-refractivity contribution in [3.63, 3.8) is 0 Å². The monoisotopic (exact) mass is 505 g/mol. The minimum absolute atomic E-state index is 0.0181. The third kappa shape index (κ3) is 6.96. The summed E-state index contributed by atoms with van der Waals surface area (Å²) in [5, 5.41) is 2.86. The zero-order valence-corrected chi connectivity index (χ0v) is 18.6. The lowest BCUT2D eigenvalue weighted by molar-refractivity contribution is -0.128. The van der Waals surface area contributed by atoms with E-state index in [2.05, 4.69) is 15.0 Å². The van der Waals surface area contributed by atoms with Crippen LogP contribution in [0.1, 0.15) is 24.4 Å². The van der Waals surface area contributed by atoms with Crippen molar-refractivity contribution in [3.05, 3.63) is 54.4 Å². The van der Waals surface area contributed by atoms with E-state index >= 15 is 0 Å². The summed E-state index contributed by atoms with van der Waals surface area (Å²) in [7, 11) is 0. The Morgan fingerprint density at radius 3 is 2.42 bits per heavy atom. The maximum absolute atomic E-state index is 14.0. The van der Waals surface area contributed by atoms with Crippen LogP contribution in [0, 0.1) is 0 Å². The first kappa shape index (κ1) is 25.1. The Balaban J connectivity index is 1.99. The fourth-order valence-corrected chi connectivity index (χ4v) is 3.59. The minimum Gasteiger partial charge on any atom is -0.420 e. The number of hydrogen-bond donors (Lipinski definition) is 1. The van der Waals surface area contributed by atoms with Gasteiger partial charge in [-0.05, 0) is 43.2 Å². The van der Waals surface area contributed by atoms with Crippen LogP contribution in [0.15, 0.2) is 48.8 Å². The minimum atomic E-state index is -3.95. The molecule has 0 bridgehead atoms. The second-order valence-corrected chi connectivity index (χ2v) is 7.96. The molecule has 1 aromatic heterocycles. The van der Waals surface area contributed by atoms with E-state index in [4.69, 9.17) is 27.9 Å². The summed E-state index contributed by atoms with van der Waals surface area (Å²) in [5.41, 5.74) is -6.10. The van der Waals surface area contributed by atoms with Crippen LogP contribution >= 0.6 is 23.2 Å². The van der Waals surface area contributed by atoms with Crippen LogP contribution in [0.3, 0.4) is 0 Å². The maximum Gasteiger partial charge on any atom is 0.487 e. The first-order chi connectivity index (χ1) is 15.7. The van der Waals surface area contributed by atoms with Crippen molar-refractivity contribution in [2.45, 2.75) is 36.1 Å². The highest BCUT2D eigenvalue weighted by molar-refractivity contribution is 6.32. The molecule has 1 fully saturated rings. The molecule has 0 unspecified atom stereocenters. The van der Waals surface area contributed by atoms with Gasteiger partial charge in [-0.2, -0.15) is 0 Å². The fourth-order valence-electron chi connectivity index (χ4n) is 3.39. The van der Waals surface area contributed by atoms with Gasteiger partial charge in [0, 0.05) is 54.5 Å². The molecule has 1 aromatic carbocycles. The lowest BCUT2D eigenvalue weighted by Gasteiger charge is -2.33. The molecule has 1 aliphatic heterocycles. The van der Waals surface area contributed by atoms with Gasteiger partial charge in [0.25, 0.3) is 11.5 Å². The van der Waals surface area contributed by atoms with Crippen LogP contribution < -0.4 is 15.0 Å². The molecular weight excluding hydrogens is 486 g/mol. The van der Waals surface area contributed by atoms with Gasteiger partial charge >= 0.3 is 5.57 Å². The van der Waals surface area contributed by atoms with E-state index in [1.807, 2.05) is 0 Å². The lowest BCUT2D eigenvalue weighted by Crippen LogP contribution is -2.49. The SMILES string of the molecule is O=C(NC1CCOCC1)[C@@H](c1cccnc1)N(C(=O)[C@H](F)Cl)c1ccc(OC(F)(F)Cl)cc1. The lowest BCUT2D eigenvalue weighted by atomic mass is 10.0. The molecule has 0 aliphatic carbocycles. The molecule has 0 saturated carbocycles. The van der Waals surface area contributed by atoms with Gasteiger partial charge in [-0.1, -0.05) is 17.7 Å². The average Bonchev–Trinajstić information content (AvgIpc) is 2.77. The van der Waals surface area contributed by atoms with E-state index in [1.54, 1.807) is 12.1 Å². The number of amides is 2. The van der Waals surface area contributed by atoms with E-state index in [9.17, 15) is 22.8 Å². The normalized spacial score (nSPS) is 16.5. The van der Waals surface area contributed by atoms with E-state index in [0.717, 1.165) is 17.0 Å². The molecule has 2 heterocycles. The third-order valence-corrected chi connectivity index (χ3v) is 5.11. The number of aromatic nitrogens is 1. The molecule has 3 rings (SSSR count). The van der Waals surface area contributed by atoms with Crippen molar-refractivity contribution in [2.24, 2.45) is 0 Å². The van der Waals surface area contributed by atoms with Crippen LogP contribution in [0.4, 0.5) is 18.9 Å². The molecule has 2 amide bonds. The van der Waals surface area contributed by atoms with Crippen molar-refractivity contribution in [1.29, 1.82) is 0 Å². The predicted molar refractivity (Wildman–Crippen MR) is 115 cm³/mol. The van der Waals surface area contributed by atoms with Crippen molar-refractivity contribution < 1.29 is 32.2 Å². The Morgan fingerprint density at radius 2 is 1.88 bits per heavy atom. The van der Waals surface area contributed by atoms with Crippen LogP contribution in [0.25, 0.3) is 0 Å². The predicted octanol–water partition coefficient (Wildman–Crippen LogP) is 4.15. The topological polar surface area (TPSA) is 80.8 Å². The summed E-state index contributed by atoms with van der Waals surface area (Å²) in [4.78, 5) is 31.0. The van der Waals surface area contributed by atoms with Gasteiger partial charge in [0.05, 0.1) is 0 Å². The summed E-state index contributed by atoms with van der Waals surface area (Å²) < 4.78 is 49.4. The molecule has 33 heavy (non-hydrogen) atoms. The maximum atomic E-state index is 14.0. The quantitative estimate of drug-likeness (QED) is 0.545. The van der Waals surface area contributed by atoms with E-state index in [1.165, 1.54) is 24.5 Å². The zero-order valence-electron chi connectivity index (χ0n) is 17.1.